The van der Waals surface area contributed by atoms with Crippen LogP contribution in [0.15, 0.2) is 12.1 Å². The Morgan fingerprint density at radius 2 is 1.83 bits per heavy atom. The minimum Gasteiger partial charge on any atom is -0.461 e. The highest BCUT2D eigenvalue weighted by Gasteiger charge is 2.51. The Balaban J connectivity index is 1.53. The summed E-state index contributed by atoms with van der Waals surface area (Å²) < 4.78 is 46.7. The number of nitrogens with zero attached hydrogens (tertiary/aromatic N) is 3. The normalized spacial score (nSPS) is 30.7. The van der Waals surface area contributed by atoms with Crippen LogP contribution in [0.1, 0.15) is 61.6 Å². The van der Waals surface area contributed by atoms with E-state index in [-0.39, 0.29) is 29.3 Å². The fourth-order valence-electron chi connectivity index (χ4n) is 6.08. The predicted octanol–water partition coefficient (Wildman–Crippen LogP) is 4.31. The number of esters is 1. The third-order valence-corrected chi connectivity index (χ3v) is 6.63. The summed E-state index contributed by atoms with van der Waals surface area (Å²) in [6, 6.07) is 2.26. The number of fused-ring (bicyclic) bond motifs is 1. The topological polar surface area (TPSA) is 68.5 Å². The maximum Gasteiger partial charge on any atom is 0.433 e. The fraction of sp³-hybridized carbons (Fsp3) is 0.650. The summed E-state index contributed by atoms with van der Waals surface area (Å²) in [7, 11) is 0. The highest BCUT2D eigenvalue weighted by Crippen LogP contribution is 2.56. The Hall–Kier alpha value is -2.32. The van der Waals surface area contributed by atoms with Gasteiger partial charge in [-0.1, -0.05) is 0 Å². The Morgan fingerprint density at radius 3 is 2.38 bits per heavy atom. The molecule has 0 aliphatic heterocycles. The van der Waals surface area contributed by atoms with Crippen LogP contribution in [0.3, 0.4) is 0 Å². The summed E-state index contributed by atoms with van der Waals surface area (Å²) in [5, 5.41) is 7.18. The van der Waals surface area contributed by atoms with E-state index in [1.165, 1.54) is 25.3 Å². The second kappa shape index (κ2) is 6.34. The van der Waals surface area contributed by atoms with Crippen molar-refractivity contribution in [2.24, 2.45) is 17.8 Å². The van der Waals surface area contributed by atoms with Gasteiger partial charge in [-0.25, -0.2) is 14.3 Å². The van der Waals surface area contributed by atoms with Gasteiger partial charge in [-0.05, 0) is 63.2 Å². The first kappa shape index (κ1) is 18.7. The van der Waals surface area contributed by atoms with Crippen molar-refractivity contribution in [3.05, 3.63) is 23.5 Å². The van der Waals surface area contributed by atoms with Crippen LogP contribution in [0.25, 0.3) is 5.65 Å². The van der Waals surface area contributed by atoms with E-state index in [0.29, 0.717) is 22.3 Å². The summed E-state index contributed by atoms with van der Waals surface area (Å²) in [4.78, 5) is 16.3. The summed E-state index contributed by atoms with van der Waals surface area (Å²) in [5.74, 6) is 1.41. The van der Waals surface area contributed by atoms with Crippen LogP contribution in [0.2, 0.25) is 0 Å². The lowest BCUT2D eigenvalue weighted by atomic mass is 9.53. The van der Waals surface area contributed by atoms with E-state index in [1.54, 1.807) is 6.92 Å². The number of anilines is 1. The minimum absolute atomic E-state index is 0.0184. The van der Waals surface area contributed by atoms with Crippen molar-refractivity contribution < 1.29 is 22.7 Å². The number of nitrogens with one attached hydrogen (secondary N) is 1. The lowest BCUT2D eigenvalue weighted by Crippen LogP contribution is -2.54. The van der Waals surface area contributed by atoms with E-state index in [2.05, 4.69) is 15.4 Å². The van der Waals surface area contributed by atoms with Gasteiger partial charge in [0.1, 0.15) is 5.82 Å². The van der Waals surface area contributed by atoms with Gasteiger partial charge in [0.25, 0.3) is 0 Å². The molecule has 4 aliphatic carbocycles. The Labute approximate surface area is 165 Å². The molecule has 6 nitrogen and oxygen atoms in total. The summed E-state index contributed by atoms with van der Waals surface area (Å²) in [6.07, 6.45) is 2.06. The van der Waals surface area contributed by atoms with Crippen LogP contribution in [-0.4, -0.2) is 32.7 Å². The van der Waals surface area contributed by atoms with Crippen LogP contribution in [0.4, 0.5) is 19.0 Å². The summed E-state index contributed by atoms with van der Waals surface area (Å²) in [5.41, 5.74) is -1.33. The van der Waals surface area contributed by atoms with Crippen LogP contribution in [0, 0.1) is 17.8 Å². The van der Waals surface area contributed by atoms with Gasteiger partial charge in [-0.15, -0.1) is 0 Å². The zero-order chi connectivity index (χ0) is 20.4. The van der Waals surface area contributed by atoms with Crippen molar-refractivity contribution >= 4 is 17.4 Å². The molecular weight excluding hydrogens is 385 g/mol. The number of rotatable bonds is 4. The van der Waals surface area contributed by atoms with Crippen LogP contribution < -0.4 is 5.32 Å². The molecule has 1 N–H and O–H groups in total. The zero-order valence-corrected chi connectivity index (χ0v) is 16.1. The number of hydrogen-bond donors (Lipinski definition) is 1. The van der Waals surface area contributed by atoms with Gasteiger partial charge in [0.2, 0.25) is 0 Å². The highest BCUT2D eigenvalue weighted by molar-refractivity contribution is 5.88. The molecule has 4 bridgehead atoms. The first-order valence-corrected chi connectivity index (χ1v) is 10.2. The number of aromatic nitrogens is 3. The number of carbonyl (C=O) groups excluding carboxylic acids is 1. The molecule has 0 spiro atoms. The number of carbonyl (C=O) groups is 1. The van der Waals surface area contributed by atoms with E-state index in [4.69, 9.17) is 4.74 Å². The molecule has 4 fully saturated rings. The van der Waals surface area contributed by atoms with Crippen molar-refractivity contribution in [2.45, 2.75) is 57.2 Å². The lowest BCUT2D eigenvalue weighted by Gasteiger charge is -2.57. The second-order valence-corrected chi connectivity index (χ2v) is 8.87. The average Bonchev–Trinajstić information content (AvgIpc) is 3.02. The smallest absolute Gasteiger partial charge is 0.433 e. The van der Waals surface area contributed by atoms with E-state index in [9.17, 15) is 18.0 Å². The lowest BCUT2D eigenvalue weighted by molar-refractivity contribution is -0.142. The zero-order valence-electron chi connectivity index (χ0n) is 16.1. The molecule has 29 heavy (non-hydrogen) atoms. The molecular formula is C20H23F3N4O2. The number of alkyl halides is 3. The van der Waals surface area contributed by atoms with E-state index >= 15 is 0 Å². The number of ether oxygens (including phenoxy) is 1. The largest absolute Gasteiger partial charge is 0.461 e. The Morgan fingerprint density at radius 1 is 1.21 bits per heavy atom. The molecule has 156 valence electrons. The molecule has 0 saturated heterocycles. The second-order valence-electron chi connectivity index (χ2n) is 8.87. The molecule has 9 heteroatoms. The van der Waals surface area contributed by atoms with Crippen molar-refractivity contribution in [2.75, 3.05) is 11.9 Å². The van der Waals surface area contributed by atoms with E-state index in [1.807, 2.05) is 0 Å². The Bertz CT molecular complexity index is 933. The van der Waals surface area contributed by atoms with Crippen LogP contribution in [-0.2, 0) is 10.9 Å². The third-order valence-electron chi connectivity index (χ3n) is 6.63. The van der Waals surface area contributed by atoms with Crippen molar-refractivity contribution in [1.82, 2.24) is 14.6 Å². The van der Waals surface area contributed by atoms with Crippen molar-refractivity contribution in [1.29, 1.82) is 0 Å². The van der Waals surface area contributed by atoms with Crippen molar-refractivity contribution in [3.8, 4) is 0 Å². The van der Waals surface area contributed by atoms with Gasteiger partial charge in [0.05, 0.1) is 6.61 Å². The van der Waals surface area contributed by atoms with E-state index in [0.717, 1.165) is 25.3 Å². The minimum atomic E-state index is -4.63. The third kappa shape index (κ3) is 3.24. The predicted molar refractivity (Wildman–Crippen MR) is 98.5 cm³/mol. The molecule has 2 aromatic rings. The fourth-order valence-corrected chi connectivity index (χ4v) is 6.08. The van der Waals surface area contributed by atoms with Gasteiger partial charge in [-0.2, -0.15) is 18.3 Å². The van der Waals surface area contributed by atoms with Crippen LogP contribution in [0.5, 0.6) is 0 Å². The quantitative estimate of drug-likeness (QED) is 0.764. The highest BCUT2D eigenvalue weighted by atomic mass is 19.4. The van der Waals surface area contributed by atoms with E-state index < -0.39 is 17.8 Å². The molecule has 0 radical (unpaired) electrons. The molecule has 0 atom stereocenters. The maximum atomic E-state index is 13.7. The maximum absolute atomic E-state index is 13.7. The molecule has 6 rings (SSSR count). The molecule has 0 amide bonds. The standard InChI is InChI=1S/C20H23F3N4O2/c1-2-29-18(28)14-6-17-24-16(7-15(20(21,22)23)27(17)26-14)25-19-8-11-3-12(9-19)5-13(4-11)10-19/h6-7,11-13H,2-5,8-10H2,1H3,(H,24,25). The number of halogens is 3. The van der Waals surface area contributed by atoms with Crippen molar-refractivity contribution in [3.63, 3.8) is 0 Å². The van der Waals surface area contributed by atoms with Gasteiger partial charge >= 0.3 is 12.1 Å². The molecule has 0 aromatic carbocycles. The first-order chi connectivity index (χ1) is 13.7. The molecule has 0 unspecified atom stereocenters. The molecule has 4 aliphatic rings. The van der Waals surface area contributed by atoms with Gasteiger partial charge in [0.15, 0.2) is 17.0 Å². The molecule has 4 saturated carbocycles. The summed E-state index contributed by atoms with van der Waals surface area (Å²) >= 11 is 0. The first-order valence-electron chi connectivity index (χ1n) is 10.2. The van der Waals surface area contributed by atoms with Crippen LogP contribution >= 0.6 is 0 Å². The SMILES string of the molecule is CCOC(=O)c1cc2nc(NC34CC5CC(CC(C5)C3)C4)cc(C(F)(F)F)n2n1. The van der Waals surface area contributed by atoms with Gasteiger partial charge in [-0.3, -0.25) is 0 Å². The molecule has 2 aromatic heterocycles. The van der Waals surface area contributed by atoms with Gasteiger partial charge in [0, 0.05) is 17.7 Å². The van der Waals surface area contributed by atoms with Gasteiger partial charge < -0.3 is 10.1 Å². The Kier molecular flexibility index (Phi) is 4.08. The number of hydrogen-bond acceptors (Lipinski definition) is 5. The summed E-state index contributed by atoms with van der Waals surface area (Å²) in [6.45, 7) is 1.74. The average molecular weight is 408 g/mol. The molecule has 2 heterocycles. The monoisotopic (exact) mass is 408 g/mol.